The second kappa shape index (κ2) is 6.64. The van der Waals surface area contributed by atoms with Gasteiger partial charge in [-0.05, 0) is 43.6 Å². The molecule has 2 aliphatic rings. The molecule has 3 rings (SSSR count). The van der Waals surface area contributed by atoms with Crippen LogP contribution in [0.25, 0.3) is 0 Å². The van der Waals surface area contributed by atoms with Crippen LogP contribution in [0.15, 0.2) is 18.2 Å². The van der Waals surface area contributed by atoms with E-state index in [0.717, 1.165) is 43.0 Å². The van der Waals surface area contributed by atoms with Gasteiger partial charge in [0.05, 0.1) is 0 Å². The summed E-state index contributed by atoms with van der Waals surface area (Å²) < 4.78 is 38.7. The monoisotopic (exact) mass is 341 g/mol. The summed E-state index contributed by atoms with van der Waals surface area (Å²) in [5.41, 5.74) is 1.04. The highest BCUT2D eigenvalue weighted by Crippen LogP contribution is 2.36. The van der Waals surface area contributed by atoms with E-state index in [9.17, 15) is 8.42 Å². The summed E-state index contributed by atoms with van der Waals surface area (Å²) in [6, 6.07) is 5.82. The van der Waals surface area contributed by atoms with Crippen molar-refractivity contribution in [2.75, 3.05) is 40.5 Å². The van der Waals surface area contributed by atoms with Crippen LogP contribution in [-0.4, -0.2) is 58.1 Å². The molecule has 0 radical (unpaired) electrons. The third-order valence-electron chi connectivity index (χ3n) is 4.30. The lowest BCUT2D eigenvalue weighted by atomic mass is 10.1. The smallest absolute Gasteiger partial charge is 0.278 e. The van der Waals surface area contributed by atoms with Crippen molar-refractivity contribution in [2.45, 2.75) is 18.9 Å². The van der Waals surface area contributed by atoms with Gasteiger partial charge in [-0.15, -0.1) is 0 Å². The van der Waals surface area contributed by atoms with Crippen LogP contribution in [0.5, 0.6) is 11.5 Å². The van der Waals surface area contributed by atoms with Crippen LogP contribution < -0.4 is 14.2 Å². The molecule has 128 valence electrons. The molecule has 0 aliphatic carbocycles. The first kappa shape index (κ1) is 16.5. The summed E-state index contributed by atoms with van der Waals surface area (Å²) in [5, 5.41) is 0. The molecule has 0 saturated carbocycles. The number of nitrogens with zero attached hydrogens (tertiary/aromatic N) is 2. The van der Waals surface area contributed by atoms with Crippen LogP contribution in [0.3, 0.4) is 0 Å². The molecule has 1 fully saturated rings. The lowest BCUT2D eigenvalue weighted by molar-refractivity contribution is 0.173. The average Bonchev–Trinajstić information content (AvgIpc) is 3.18. The lowest BCUT2D eigenvalue weighted by Crippen LogP contribution is -2.41. The van der Waals surface area contributed by atoms with Crippen LogP contribution >= 0.6 is 0 Å². The van der Waals surface area contributed by atoms with Gasteiger partial charge in [0.2, 0.25) is 6.79 Å². The Bertz CT molecular complexity index is 657. The zero-order chi connectivity index (χ0) is 16.4. The maximum absolute atomic E-state index is 12.0. The molecule has 2 aliphatic heterocycles. The van der Waals surface area contributed by atoms with Gasteiger partial charge in [-0.25, -0.2) is 4.72 Å². The zero-order valence-electron chi connectivity index (χ0n) is 13.5. The standard InChI is InChI=1S/C15H23N3O4S/c1-17(2)23(19,20)16-10-13(18-7-3-4-8-18)12-5-6-14-15(9-12)22-11-21-14/h5-6,9,13,16H,3-4,7-8,10-11H2,1-2H3. The second-order valence-corrected chi connectivity index (χ2v) is 7.98. The highest BCUT2D eigenvalue weighted by molar-refractivity contribution is 7.87. The summed E-state index contributed by atoms with van der Waals surface area (Å²) >= 11 is 0. The molecule has 1 atom stereocenters. The van der Waals surface area contributed by atoms with Gasteiger partial charge in [0.25, 0.3) is 10.2 Å². The van der Waals surface area contributed by atoms with Crippen molar-refractivity contribution < 1.29 is 17.9 Å². The SMILES string of the molecule is CN(C)S(=O)(=O)NCC(c1ccc2c(c1)OCO2)N1CCCC1. The van der Waals surface area contributed by atoms with Gasteiger partial charge in [0.15, 0.2) is 11.5 Å². The number of rotatable bonds is 6. The van der Waals surface area contributed by atoms with E-state index in [1.165, 1.54) is 18.4 Å². The molecule has 8 heteroatoms. The van der Waals surface area contributed by atoms with Gasteiger partial charge < -0.3 is 9.47 Å². The maximum Gasteiger partial charge on any atom is 0.278 e. The molecule has 0 spiro atoms. The molecule has 1 aromatic rings. The van der Waals surface area contributed by atoms with Gasteiger partial charge >= 0.3 is 0 Å². The predicted molar refractivity (Wildman–Crippen MR) is 86.7 cm³/mol. The summed E-state index contributed by atoms with van der Waals surface area (Å²) in [6.07, 6.45) is 2.28. The van der Waals surface area contributed by atoms with Crippen LogP contribution in [0.4, 0.5) is 0 Å². The first-order valence-corrected chi connectivity index (χ1v) is 9.22. The fourth-order valence-corrected chi connectivity index (χ4v) is 3.57. The molecular weight excluding hydrogens is 318 g/mol. The minimum Gasteiger partial charge on any atom is -0.454 e. The third-order valence-corrected chi connectivity index (χ3v) is 5.80. The Labute approximate surface area is 137 Å². The number of nitrogens with one attached hydrogen (secondary N) is 1. The molecule has 1 N–H and O–H groups in total. The molecule has 0 amide bonds. The van der Waals surface area contributed by atoms with Gasteiger partial charge in [0.1, 0.15) is 0 Å². The first-order valence-electron chi connectivity index (χ1n) is 7.78. The summed E-state index contributed by atoms with van der Waals surface area (Å²) in [6.45, 7) is 2.52. The van der Waals surface area contributed by atoms with E-state index in [4.69, 9.17) is 9.47 Å². The molecule has 2 heterocycles. The van der Waals surface area contributed by atoms with Gasteiger partial charge in [0, 0.05) is 26.7 Å². The molecule has 1 aromatic carbocycles. The van der Waals surface area contributed by atoms with Crippen molar-refractivity contribution in [2.24, 2.45) is 0 Å². The largest absolute Gasteiger partial charge is 0.454 e. The van der Waals surface area contributed by atoms with E-state index in [2.05, 4.69) is 9.62 Å². The molecule has 0 bridgehead atoms. The Balaban J connectivity index is 1.81. The van der Waals surface area contributed by atoms with Gasteiger partial charge in [-0.3, -0.25) is 4.90 Å². The number of likely N-dealkylation sites (tertiary alicyclic amines) is 1. The number of benzene rings is 1. The normalized spacial score (nSPS) is 19.4. The van der Waals surface area contributed by atoms with Gasteiger partial charge in [-0.2, -0.15) is 12.7 Å². The second-order valence-electron chi connectivity index (χ2n) is 6.01. The summed E-state index contributed by atoms with van der Waals surface area (Å²) in [7, 11) is -0.398. The molecular formula is C15H23N3O4S. The highest BCUT2D eigenvalue weighted by Gasteiger charge is 2.27. The third kappa shape index (κ3) is 3.60. The molecule has 23 heavy (non-hydrogen) atoms. The van der Waals surface area contributed by atoms with E-state index >= 15 is 0 Å². The minimum absolute atomic E-state index is 0.0123. The van der Waals surface area contributed by atoms with E-state index in [1.54, 1.807) is 0 Å². The van der Waals surface area contributed by atoms with Crippen LogP contribution in [-0.2, 0) is 10.2 Å². The van der Waals surface area contributed by atoms with E-state index in [-0.39, 0.29) is 12.8 Å². The van der Waals surface area contributed by atoms with Crippen molar-refractivity contribution in [3.63, 3.8) is 0 Å². The van der Waals surface area contributed by atoms with Crippen molar-refractivity contribution in [3.8, 4) is 11.5 Å². The molecule has 7 nitrogen and oxygen atoms in total. The number of hydrogen-bond donors (Lipinski definition) is 1. The fraction of sp³-hybridized carbons (Fsp3) is 0.600. The topological polar surface area (TPSA) is 71.1 Å². The van der Waals surface area contributed by atoms with Crippen molar-refractivity contribution >= 4 is 10.2 Å². The van der Waals surface area contributed by atoms with Crippen molar-refractivity contribution in [1.29, 1.82) is 0 Å². The quantitative estimate of drug-likeness (QED) is 0.834. The average molecular weight is 341 g/mol. The van der Waals surface area contributed by atoms with Gasteiger partial charge in [-0.1, -0.05) is 6.07 Å². The minimum atomic E-state index is -3.44. The predicted octanol–water partition coefficient (Wildman–Crippen LogP) is 0.948. The fourth-order valence-electron chi connectivity index (χ4n) is 2.94. The molecule has 1 unspecified atom stereocenters. The first-order chi connectivity index (χ1) is 11.0. The molecule has 0 aromatic heterocycles. The Morgan fingerprint density at radius 1 is 1.22 bits per heavy atom. The maximum atomic E-state index is 12.0. The lowest BCUT2D eigenvalue weighted by Gasteiger charge is -2.28. The number of fused-ring (bicyclic) bond motifs is 1. The number of ether oxygens (including phenoxy) is 2. The van der Waals surface area contributed by atoms with E-state index in [1.807, 2.05) is 18.2 Å². The Hall–Kier alpha value is -1.35. The zero-order valence-corrected chi connectivity index (χ0v) is 14.3. The Morgan fingerprint density at radius 3 is 2.61 bits per heavy atom. The number of hydrogen-bond acceptors (Lipinski definition) is 5. The van der Waals surface area contributed by atoms with Crippen LogP contribution in [0, 0.1) is 0 Å². The summed E-state index contributed by atoms with van der Waals surface area (Å²) in [5.74, 6) is 1.46. The van der Waals surface area contributed by atoms with Crippen LogP contribution in [0.2, 0.25) is 0 Å². The van der Waals surface area contributed by atoms with Crippen molar-refractivity contribution in [3.05, 3.63) is 23.8 Å². The van der Waals surface area contributed by atoms with E-state index in [0.29, 0.717) is 6.54 Å². The Morgan fingerprint density at radius 2 is 1.91 bits per heavy atom. The van der Waals surface area contributed by atoms with Crippen LogP contribution in [0.1, 0.15) is 24.4 Å². The molecule has 1 saturated heterocycles. The van der Waals surface area contributed by atoms with E-state index < -0.39 is 10.2 Å². The highest BCUT2D eigenvalue weighted by atomic mass is 32.2. The Kier molecular flexibility index (Phi) is 4.77. The summed E-state index contributed by atoms with van der Waals surface area (Å²) in [4.78, 5) is 2.32. The van der Waals surface area contributed by atoms with Crippen molar-refractivity contribution in [1.82, 2.24) is 13.9 Å².